The highest BCUT2D eigenvalue weighted by atomic mass is 79.9. The molecular formula is C19H19BrFNO4S. The Balaban J connectivity index is 1.74. The van der Waals surface area contributed by atoms with Gasteiger partial charge < -0.3 is 9.64 Å². The molecule has 0 aromatic heterocycles. The van der Waals surface area contributed by atoms with Crippen LogP contribution in [0.1, 0.15) is 12.0 Å². The summed E-state index contributed by atoms with van der Waals surface area (Å²) < 4.78 is 43.5. The van der Waals surface area contributed by atoms with Crippen LogP contribution in [-0.4, -0.2) is 43.4 Å². The molecule has 1 amide bonds. The molecule has 0 saturated carbocycles. The molecule has 144 valence electrons. The number of hydrogen-bond donors (Lipinski definition) is 0. The van der Waals surface area contributed by atoms with Crippen molar-refractivity contribution in [3.05, 3.63) is 64.4 Å². The standard InChI is InChI=1S/C19H19BrFNO4S/c20-15-6-7-18(17(21)10-15)26-12-19(23)22(11-14-4-2-1-3-5-14)16-8-9-27(24,25)13-16/h1-7,10,16H,8-9,11-13H2/t16-/m1/s1. The quantitative estimate of drug-likeness (QED) is 0.670. The van der Waals surface area contributed by atoms with Gasteiger partial charge in [-0.25, -0.2) is 12.8 Å². The first-order valence-electron chi connectivity index (χ1n) is 8.46. The molecule has 0 unspecified atom stereocenters. The van der Waals surface area contributed by atoms with Crippen LogP contribution in [0.25, 0.3) is 0 Å². The van der Waals surface area contributed by atoms with Gasteiger partial charge in [-0.2, -0.15) is 0 Å². The van der Waals surface area contributed by atoms with E-state index in [4.69, 9.17) is 4.74 Å². The number of benzene rings is 2. The Kier molecular flexibility index (Phi) is 6.16. The summed E-state index contributed by atoms with van der Waals surface area (Å²) in [6.45, 7) is -0.0754. The average molecular weight is 456 g/mol. The van der Waals surface area contributed by atoms with Crippen molar-refractivity contribution < 1.29 is 22.3 Å². The second-order valence-corrected chi connectivity index (χ2v) is 9.57. The fourth-order valence-electron chi connectivity index (χ4n) is 3.04. The predicted molar refractivity (Wildman–Crippen MR) is 104 cm³/mol. The zero-order valence-corrected chi connectivity index (χ0v) is 16.9. The summed E-state index contributed by atoms with van der Waals surface area (Å²) in [5, 5.41) is 0. The van der Waals surface area contributed by atoms with Gasteiger partial charge in [0.05, 0.1) is 11.5 Å². The third-order valence-corrected chi connectivity index (χ3v) is 6.65. The van der Waals surface area contributed by atoms with E-state index in [0.717, 1.165) is 5.56 Å². The monoisotopic (exact) mass is 455 g/mol. The van der Waals surface area contributed by atoms with Crippen molar-refractivity contribution in [3.63, 3.8) is 0 Å². The summed E-state index contributed by atoms with van der Waals surface area (Å²) in [5.74, 6) is -0.958. The lowest BCUT2D eigenvalue weighted by atomic mass is 10.1. The van der Waals surface area contributed by atoms with Crippen LogP contribution in [0, 0.1) is 5.82 Å². The largest absolute Gasteiger partial charge is 0.481 e. The number of carbonyl (C=O) groups is 1. The van der Waals surface area contributed by atoms with Crippen LogP contribution in [-0.2, 0) is 21.2 Å². The van der Waals surface area contributed by atoms with Crippen LogP contribution in [0.2, 0.25) is 0 Å². The van der Waals surface area contributed by atoms with Gasteiger partial charge in [0.1, 0.15) is 0 Å². The van der Waals surface area contributed by atoms with Gasteiger partial charge in [0.2, 0.25) is 0 Å². The Morgan fingerprint density at radius 2 is 1.96 bits per heavy atom. The van der Waals surface area contributed by atoms with E-state index in [1.807, 2.05) is 30.3 Å². The van der Waals surface area contributed by atoms with Crippen molar-refractivity contribution in [2.24, 2.45) is 0 Å². The van der Waals surface area contributed by atoms with Gasteiger partial charge in [0.25, 0.3) is 5.91 Å². The van der Waals surface area contributed by atoms with Crippen LogP contribution in [0.5, 0.6) is 5.75 Å². The molecule has 0 bridgehead atoms. The maximum atomic E-state index is 13.9. The molecule has 1 atom stereocenters. The molecule has 1 saturated heterocycles. The van der Waals surface area contributed by atoms with Gasteiger partial charge >= 0.3 is 0 Å². The number of carbonyl (C=O) groups excluding carboxylic acids is 1. The van der Waals surface area contributed by atoms with E-state index in [-0.39, 0.29) is 36.3 Å². The van der Waals surface area contributed by atoms with Crippen LogP contribution in [0.4, 0.5) is 4.39 Å². The third kappa shape index (κ3) is 5.29. The van der Waals surface area contributed by atoms with Crippen molar-refractivity contribution in [2.75, 3.05) is 18.1 Å². The molecule has 3 rings (SSSR count). The Hall–Kier alpha value is -1.93. The molecule has 27 heavy (non-hydrogen) atoms. The molecule has 1 heterocycles. The minimum Gasteiger partial charge on any atom is -0.481 e. The van der Waals surface area contributed by atoms with Crippen LogP contribution in [0.3, 0.4) is 0 Å². The second kappa shape index (κ2) is 8.39. The maximum absolute atomic E-state index is 13.9. The Morgan fingerprint density at radius 3 is 2.59 bits per heavy atom. The molecule has 1 fully saturated rings. The summed E-state index contributed by atoms with van der Waals surface area (Å²) in [5.41, 5.74) is 0.893. The lowest BCUT2D eigenvalue weighted by Crippen LogP contribution is -2.43. The molecule has 1 aliphatic heterocycles. The zero-order chi connectivity index (χ0) is 19.4. The highest BCUT2D eigenvalue weighted by molar-refractivity contribution is 9.10. The molecule has 1 aliphatic rings. The summed E-state index contributed by atoms with van der Waals surface area (Å²) in [7, 11) is -3.14. The molecule has 0 aliphatic carbocycles. The molecule has 0 spiro atoms. The van der Waals surface area contributed by atoms with Gasteiger partial charge in [0, 0.05) is 17.1 Å². The number of amides is 1. The number of rotatable bonds is 6. The zero-order valence-electron chi connectivity index (χ0n) is 14.5. The molecule has 5 nitrogen and oxygen atoms in total. The van der Waals surface area contributed by atoms with Crippen molar-refractivity contribution in [3.8, 4) is 5.75 Å². The smallest absolute Gasteiger partial charge is 0.261 e. The summed E-state index contributed by atoms with van der Waals surface area (Å²) in [6, 6.07) is 13.2. The van der Waals surface area contributed by atoms with Gasteiger partial charge in [-0.05, 0) is 30.2 Å². The van der Waals surface area contributed by atoms with E-state index >= 15 is 0 Å². The van der Waals surface area contributed by atoms with E-state index in [9.17, 15) is 17.6 Å². The van der Waals surface area contributed by atoms with E-state index in [2.05, 4.69) is 15.9 Å². The van der Waals surface area contributed by atoms with Gasteiger partial charge in [-0.3, -0.25) is 4.79 Å². The summed E-state index contributed by atoms with van der Waals surface area (Å²) in [6.07, 6.45) is 0.396. The van der Waals surface area contributed by atoms with E-state index in [0.29, 0.717) is 10.9 Å². The van der Waals surface area contributed by atoms with E-state index in [1.54, 1.807) is 6.07 Å². The summed E-state index contributed by atoms with van der Waals surface area (Å²) in [4.78, 5) is 14.3. The fraction of sp³-hybridized carbons (Fsp3) is 0.316. The van der Waals surface area contributed by atoms with E-state index < -0.39 is 21.7 Å². The average Bonchev–Trinajstić information content (AvgIpc) is 2.99. The van der Waals surface area contributed by atoms with Crippen LogP contribution < -0.4 is 4.74 Å². The molecule has 0 radical (unpaired) electrons. The maximum Gasteiger partial charge on any atom is 0.261 e. The topological polar surface area (TPSA) is 63.7 Å². The third-order valence-electron chi connectivity index (χ3n) is 4.41. The first-order valence-corrected chi connectivity index (χ1v) is 11.1. The second-order valence-electron chi connectivity index (χ2n) is 6.43. The molecule has 8 heteroatoms. The normalized spacial score (nSPS) is 18.2. The number of sulfone groups is 1. The molecular weight excluding hydrogens is 437 g/mol. The first-order chi connectivity index (χ1) is 12.8. The molecule has 2 aromatic carbocycles. The van der Waals surface area contributed by atoms with Crippen LogP contribution >= 0.6 is 15.9 Å². The van der Waals surface area contributed by atoms with Crippen molar-refractivity contribution in [2.45, 2.75) is 19.0 Å². The number of ether oxygens (including phenoxy) is 1. The Morgan fingerprint density at radius 1 is 1.22 bits per heavy atom. The minimum absolute atomic E-state index is 0.0229. The number of halogens is 2. The molecule has 2 aromatic rings. The van der Waals surface area contributed by atoms with Gasteiger partial charge in [-0.1, -0.05) is 46.3 Å². The van der Waals surface area contributed by atoms with Crippen LogP contribution in [0.15, 0.2) is 53.0 Å². The Labute approximate surface area is 166 Å². The number of nitrogens with zero attached hydrogens (tertiary/aromatic N) is 1. The lowest BCUT2D eigenvalue weighted by molar-refractivity contribution is -0.136. The minimum atomic E-state index is -3.14. The van der Waals surface area contributed by atoms with Gasteiger partial charge in [-0.15, -0.1) is 0 Å². The lowest BCUT2D eigenvalue weighted by Gasteiger charge is -2.28. The SMILES string of the molecule is O=C(COc1ccc(Br)cc1F)N(Cc1ccccc1)[C@@H]1CCS(=O)(=O)C1. The molecule has 0 N–H and O–H groups in total. The van der Waals surface area contributed by atoms with Crippen molar-refractivity contribution in [1.29, 1.82) is 0 Å². The summed E-state index contributed by atoms with van der Waals surface area (Å²) >= 11 is 3.16. The number of hydrogen-bond acceptors (Lipinski definition) is 4. The van der Waals surface area contributed by atoms with Gasteiger partial charge in [0.15, 0.2) is 28.0 Å². The highest BCUT2D eigenvalue weighted by Gasteiger charge is 2.34. The van der Waals surface area contributed by atoms with Crippen molar-refractivity contribution in [1.82, 2.24) is 4.90 Å². The predicted octanol–water partition coefficient (Wildman–Crippen LogP) is 3.18. The van der Waals surface area contributed by atoms with E-state index in [1.165, 1.54) is 17.0 Å². The first kappa shape index (κ1) is 19.8. The highest BCUT2D eigenvalue weighted by Crippen LogP contribution is 2.23. The Bertz CT molecular complexity index is 921. The van der Waals surface area contributed by atoms with Crippen molar-refractivity contribution >= 4 is 31.7 Å². The fourth-order valence-corrected chi connectivity index (χ4v) is 5.10.